The molecule has 4 rings (SSSR count). The van der Waals surface area contributed by atoms with Gasteiger partial charge in [0.15, 0.2) is 0 Å². The van der Waals surface area contributed by atoms with Gasteiger partial charge >= 0.3 is 0 Å². The van der Waals surface area contributed by atoms with Crippen molar-refractivity contribution in [1.29, 1.82) is 0 Å². The van der Waals surface area contributed by atoms with Gasteiger partial charge in [0.1, 0.15) is 11.6 Å². The molecule has 27 heavy (non-hydrogen) atoms. The minimum Gasteiger partial charge on any atom is -0.354 e. The van der Waals surface area contributed by atoms with Gasteiger partial charge in [-0.25, -0.2) is 9.37 Å². The fraction of sp³-hybridized carbons (Fsp3) is 0.400. The fourth-order valence-corrected chi connectivity index (χ4v) is 3.70. The van der Waals surface area contributed by atoms with Crippen molar-refractivity contribution >= 4 is 17.4 Å². The molecule has 0 spiro atoms. The number of nitrogens with zero attached hydrogens (tertiary/aromatic N) is 3. The summed E-state index contributed by atoms with van der Waals surface area (Å²) >= 11 is 0. The van der Waals surface area contributed by atoms with Gasteiger partial charge in [-0.3, -0.25) is 9.69 Å². The highest BCUT2D eigenvalue weighted by Gasteiger charge is 2.21. The quantitative estimate of drug-likeness (QED) is 0.858. The van der Waals surface area contributed by atoms with Crippen LogP contribution in [-0.4, -0.2) is 55.1 Å². The first-order valence-electron chi connectivity index (χ1n) is 9.40. The van der Waals surface area contributed by atoms with Crippen LogP contribution in [0.1, 0.15) is 11.1 Å². The van der Waals surface area contributed by atoms with Crippen LogP contribution in [0.4, 0.5) is 15.9 Å². The Balaban J connectivity index is 1.32. The van der Waals surface area contributed by atoms with Crippen molar-refractivity contribution in [2.24, 2.45) is 0 Å². The van der Waals surface area contributed by atoms with E-state index in [2.05, 4.69) is 25.4 Å². The number of pyridine rings is 1. The standard InChI is InChI=1S/C20H24FN5O/c21-20-16-6-8-22-13-15(16)4-5-17(20)24-19(27)14-25-9-11-26(12-10-25)18-3-1-2-7-23-18/h1-5,7,22H,6,8-14H2,(H,24,27). The van der Waals surface area contributed by atoms with Gasteiger partial charge in [-0.15, -0.1) is 0 Å². The van der Waals surface area contributed by atoms with E-state index in [0.717, 1.165) is 49.7 Å². The van der Waals surface area contributed by atoms with E-state index in [0.29, 0.717) is 13.0 Å². The predicted octanol–water partition coefficient (Wildman–Crippen LogP) is 1.63. The number of hydrogen-bond acceptors (Lipinski definition) is 5. The summed E-state index contributed by atoms with van der Waals surface area (Å²) in [5.74, 6) is 0.503. The van der Waals surface area contributed by atoms with E-state index in [4.69, 9.17) is 0 Å². The zero-order valence-corrected chi connectivity index (χ0v) is 15.2. The summed E-state index contributed by atoms with van der Waals surface area (Å²) in [5.41, 5.74) is 1.98. The second kappa shape index (κ2) is 8.02. The van der Waals surface area contributed by atoms with Crippen LogP contribution in [0, 0.1) is 5.82 Å². The van der Waals surface area contributed by atoms with E-state index in [1.165, 1.54) is 0 Å². The second-order valence-electron chi connectivity index (χ2n) is 6.99. The number of hydrogen-bond donors (Lipinski definition) is 2. The third kappa shape index (κ3) is 4.09. The van der Waals surface area contributed by atoms with Crippen LogP contribution in [0.25, 0.3) is 0 Å². The van der Waals surface area contributed by atoms with E-state index in [1.807, 2.05) is 24.3 Å². The lowest BCUT2D eigenvalue weighted by molar-refractivity contribution is -0.117. The molecule has 0 bridgehead atoms. The number of rotatable bonds is 4. The summed E-state index contributed by atoms with van der Waals surface area (Å²) in [4.78, 5) is 21.1. The Labute approximate surface area is 158 Å². The van der Waals surface area contributed by atoms with Crippen molar-refractivity contribution in [3.8, 4) is 0 Å². The van der Waals surface area contributed by atoms with Crippen molar-refractivity contribution in [1.82, 2.24) is 15.2 Å². The van der Waals surface area contributed by atoms with E-state index >= 15 is 0 Å². The van der Waals surface area contributed by atoms with Crippen molar-refractivity contribution in [2.75, 3.05) is 49.5 Å². The van der Waals surface area contributed by atoms with E-state index < -0.39 is 0 Å². The molecule has 142 valence electrons. The minimum absolute atomic E-state index is 0.172. The van der Waals surface area contributed by atoms with Crippen LogP contribution < -0.4 is 15.5 Å². The largest absolute Gasteiger partial charge is 0.354 e. The lowest BCUT2D eigenvalue weighted by Crippen LogP contribution is -2.49. The maximum Gasteiger partial charge on any atom is 0.238 e. The number of nitrogens with one attached hydrogen (secondary N) is 2. The monoisotopic (exact) mass is 369 g/mol. The average molecular weight is 369 g/mol. The summed E-state index contributed by atoms with van der Waals surface area (Å²) in [6, 6.07) is 9.44. The summed E-state index contributed by atoms with van der Waals surface area (Å²) < 4.78 is 14.7. The van der Waals surface area contributed by atoms with Crippen LogP contribution in [0.2, 0.25) is 0 Å². The molecule has 1 saturated heterocycles. The number of carbonyl (C=O) groups is 1. The van der Waals surface area contributed by atoms with Crippen LogP contribution in [0.5, 0.6) is 0 Å². The topological polar surface area (TPSA) is 60.5 Å². The molecule has 2 N–H and O–H groups in total. The molecule has 2 aromatic rings. The SMILES string of the molecule is O=C(CN1CCN(c2ccccn2)CC1)Nc1ccc2c(c1F)CCNC2. The predicted molar refractivity (Wildman–Crippen MR) is 103 cm³/mol. The Morgan fingerprint density at radius 3 is 2.81 bits per heavy atom. The first-order valence-corrected chi connectivity index (χ1v) is 9.40. The van der Waals surface area contributed by atoms with E-state index in [9.17, 15) is 9.18 Å². The lowest BCUT2D eigenvalue weighted by atomic mass is 9.99. The van der Waals surface area contributed by atoms with Crippen molar-refractivity contribution in [3.05, 3.63) is 53.5 Å². The molecule has 1 amide bonds. The fourth-order valence-electron chi connectivity index (χ4n) is 3.70. The Morgan fingerprint density at radius 2 is 2.04 bits per heavy atom. The number of piperazine rings is 1. The number of aromatic nitrogens is 1. The molecule has 0 saturated carbocycles. The van der Waals surface area contributed by atoms with Gasteiger partial charge in [0.2, 0.25) is 5.91 Å². The molecule has 2 aliphatic rings. The molecule has 0 aliphatic carbocycles. The number of halogens is 1. The second-order valence-corrected chi connectivity index (χ2v) is 6.99. The highest BCUT2D eigenvalue weighted by atomic mass is 19.1. The van der Waals surface area contributed by atoms with Gasteiger partial charge < -0.3 is 15.5 Å². The lowest BCUT2D eigenvalue weighted by Gasteiger charge is -2.35. The van der Waals surface area contributed by atoms with Gasteiger partial charge in [0, 0.05) is 38.9 Å². The molecule has 0 unspecified atom stereocenters. The Kier molecular flexibility index (Phi) is 5.31. The molecule has 1 aromatic carbocycles. The van der Waals surface area contributed by atoms with E-state index in [1.54, 1.807) is 12.3 Å². The zero-order chi connectivity index (χ0) is 18.6. The first kappa shape index (κ1) is 17.9. The smallest absolute Gasteiger partial charge is 0.238 e. The van der Waals surface area contributed by atoms with E-state index in [-0.39, 0.29) is 24.0 Å². The van der Waals surface area contributed by atoms with Gasteiger partial charge in [-0.2, -0.15) is 0 Å². The van der Waals surface area contributed by atoms with Crippen molar-refractivity contribution in [3.63, 3.8) is 0 Å². The molecule has 1 fully saturated rings. The molecular weight excluding hydrogens is 345 g/mol. The number of amides is 1. The molecule has 1 aromatic heterocycles. The molecule has 0 atom stereocenters. The molecule has 2 aliphatic heterocycles. The zero-order valence-electron chi connectivity index (χ0n) is 15.2. The summed E-state index contributed by atoms with van der Waals surface area (Å²) in [7, 11) is 0. The summed E-state index contributed by atoms with van der Waals surface area (Å²) in [6.45, 7) is 4.93. The number of benzene rings is 1. The number of carbonyl (C=O) groups excluding carboxylic acids is 1. The van der Waals surface area contributed by atoms with Crippen LogP contribution in [-0.2, 0) is 17.8 Å². The molecule has 6 nitrogen and oxygen atoms in total. The number of anilines is 2. The van der Waals surface area contributed by atoms with Gasteiger partial charge in [-0.1, -0.05) is 12.1 Å². The molecule has 0 radical (unpaired) electrons. The summed E-state index contributed by atoms with van der Waals surface area (Å²) in [5, 5.41) is 5.98. The van der Waals surface area contributed by atoms with Crippen molar-refractivity contribution in [2.45, 2.75) is 13.0 Å². The molecule has 7 heteroatoms. The highest BCUT2D eigenvalue weighted by molar-refractivity contribution is 5.92. The van der Waals surface area contributed by atoms with Gasteiger partial charge in [-0.05, 0) is 42.3 Å². The summed E-state index contributed by atoms with van der Waals surface area (Å²) in [6.07, 6.45) is 2.44. The maximum absolute atomic E-state index is 14.7. The van der Waals surface area contributed by atoms with Crippen LogP contribution in [0.3, 0.4) is 0 Å². The maximum atomic E-state index is 14.7. The van der Waals surface area contributed by atoms with Crippen LogP contribution >= 0.6 is 0 Å². The normalized spacial score (nSPS) is 17.4. The van der Waals surface area contributed by atoms with Gasteiger partial charge in [0.05, 0.1) is 12.2 Å². The third-order valence-electron chi connectivity index (χ3n) is 5.19. The Bertz CT molecular complexity index is 806. The molecule has 3 heterocycles. The van der Waals surface area contributed by atoms with Gasteiger partial charge in [0.25, 0.3) is 0 Å². The van der Waals surface area contributed by atoms with Crippen molar-refractivity contribution < 1.29 is 9.18 Å². The number of fused-ring (bicyclic) bond motifs is 1. The Hall–Kier alpha value is -2.51. The first-order chi connectivity index (χ1) is 13.2. The average Bonchev–Trinajstić information content (AvgIpc) is 2.71. The highest BCUT2D eigenvalue weighted by Crippen LogP contribution is 2.24. The molecular formula is C20H24FN5O. The third-order valence-corrected chi connectivity index (χ3v) is 5.19. The Morgan fingerprint density at radius 1 is 1.19 bits per heavy atom. The van der Waals surface area contributed by atoms with Crippen LogP contribution in [0.15, 0.2) is 36.5 Å². The minimum atomic E-state index is -0.290.